The number of carbonyl (C=O) groups excluding carboxylic acids is 1. The summed E-state index contributed by atoms with van der Waals surface area (Å²) in [5.74, 6) is -0.559. The number of hydrogen-bond acceptors (Lipinski definition) is 5. The smallest absolute Gasteiger partial charge is 0.282 e. The number of nitrogens with zero attached hydrogens (tertiary/aromatic N) is 5. The van der Waals surface area contributed by atoms with Crippen molar-refractivity contribution >= 4 is 27.8 Å². The molecule has 0 aliphatic carbocycles. The summed E-state index contributed by atoms with van der Waals surface area (Å²) in [6.45, 7) is 2.26. The first kappa shape index (κ1) is 19.7. The molecular formula is C21H17BrN6O2. The van der Waals surface area contributed by atoms with Crippen molar-refractivity contribution in [2.24, 2.45) is 0 Å². The van der Waals surface area contributed by atoms with Crippen LogP contribution in [-0.2, 0) is 6.54 Å². The highest BCUT2D eigenvalue weighted by atomic mass is 79.9. The van der Waals surface area contributed by atoms with Crippen LogP contribution in [0.25, 0.3) is 5.69 Å². The Morgan fingerprint density at radius 1 is 1.07 bits per heavy atom. The summed E-state index contributed by atoms with van der Waals surface area (Å²) in [4.78, 5) is 29.1. The highest BCUT2D eigenvalue weighted by Gasteiger charge is 2.17. The number of aryl methyl sites for hydroxylation is 1. The molecule has 2 aromatic heterocycles. The SMILES string of the molecule is Cc1cc(=O)c(C(=O)Nc2ncn(Cc3ccc(Br)cc3)n2)nn1-c1ccccc1. The minimum atomic E-state index is -0.661. The minimum absolute atomic E-state index is 0.102. The Hall–Kier alpha value is -3.59. The van der Waals surface area contributed by atoms with Crippen molar-refractivity contribution in [3.05, 3.63) is 98.6 Å². The number of hydrogen-bond donors (Lipinski definition) is 1. The molecule has 0 saturated heterocycles. The van der Waals surface area contributed by atoms with Crippen molar-refractivity contribution in [3.8, 4) is 5.69 Å². The van der Waals surface area contributed by atoms with E-state index in [2.05, 4.69) is 36.4 Å². The van der Waals surface area contributed by atoms with Crippen LogP contribution in [0, 0.1) is 6.92 Å². The molecule has 0 fully saturated rings. The van der Waals surface area contributed by atoms with Gasteiger partial charge in [0.05, 0.1) is 12.2 Å². The lowest BCUT2D eigenvalue weighted by atomic mass is 10.2. The van der Waals surface area contributed by atoms with Gasteiger partial charge in [-0.25, -0.2) is 14.3 Å². The summed E-state index contributed by atoms with van der Waals surface area (Å²) in [6.07, 6.45) is 1.52. The molecule has 1 N–H and O–H groups in total. The molecule has 0 radical (unpaired) electrons. The second kappa shape index (κ2) is 8.42. The number of aromatic nitrogens is 5. The minimum Gasteiger partial charge on any atom is -0.288 e. The first-order valence-electron chi connectivity index (χ1n) is 9.11. The zero-order chi connectivity index (χ0) is 21.1. The van der Waals surface area contributed by atoms with E-state index in [1.165, 1.54) is 12.4 Å². The highest BCUT2D eigenvalue weighted by molar-refractivity contribution is 9.10. The molecule has 8 nitrogen and oxygen atoms in total. The summed E-state index contributed by atoms with van der Waals surface area (Å²) in [7, 11) is 0. The molecule has 2 heterocycles. The van der Waals surface area contributed by atoms with E-state index in [1.807, 2.05) is 54.6 Å². The largest absolute Gasteiger partial charge is 0.288 e. The van der Waals surface area contributed by atoms with Crippen LogP contribution in [0.5, 0.6) is 0 Å². The fourth-order valence-corrected chi connectivity index (χ4v) is 3.17. The number of benzene rings is 2. The van der Waals surface area contributed by atoms with Gasteiger partial charge in [0.15, 0.2) is 5.69 Å². The first-order valence-corrected chi connectivity index (χ1v) is 9.90. The van der Waals surface area contributed by atoms with Crippen molar-refractivity contribution < 1.29 is 4.79 Å². The van der Waals surface area contributed by atoms with Crippen LogP contribution in [0.2, 0.25) is 0 Å². The molecule has 4 aromatic rings. The van der Waals surface area contributed by atoms with Crippen molar-refractivity contribution in [1.29, 1.82) is 0 Å². The third kappa shape index (κ3) is 4.36. The van der Waals surface area contributed by atoms with Crippen LogP contribution in [0.4, 0.5) is 5.95 Å². The van der Waals surface area contributed by atoms with Gasteiger partial charge in [-0.3, -0.25) is 14.9 Å². The maximum absolute atomic E-state index is 12.7. The molecule has 1 amide bonds. The van der Waals surface area contributed by atoms with E-state index in [1.54, 1.807) is 16.3 Å². The van der Waals surface area contributed by atoms with Gasteiger partial charge in [-0.05, 0) is 36.8 Å². The van der Waals surface area contributed by atoms with Crippen LogP contribution in [0.3, 0.4) is 0 Å². The van der Waals surface area contributed by atoms with Crippen LogP contribution < -0.4 is 10.7 Å². The molecule has 9 heteroatoms. The van der Waals surface area contributed by atoms with Crippen LogP contribution in [0.15, 0.2) is 76.3 Å². The summed E-state index contributed by atoms with van der Waals surface area (Å²) in [6, 6.07) is 18.5. The van der Waals surface area contributed by atoms with E-state index >= 15 is 0 Å². The van der Waals surface area contributed by atoms with E-state index in [0.29, 0.717) is 12.2 Å². The average molecular weight is 465 g/mol. The molecule has 0 bridgehead atoms. The Labute approximate surface area is 180 Å². The molecule has 30 heavy (non-hydrogen) atoms. The Bertz CT molecular complexity index is 1250. The lowest BCUT2D eigenvalue weighted by molar-refractivity contribution is 0.101. The fraction of sp³-hybridized carbons (Fsp3) is 0.0952. The number of carbonyl (C=O) groups is 1. The Morgan fingerprint density at radius 2 is 1.80 bits per heavy atom. The average Bonchev–Trinajstić information content (AvgIpc) is 3.17. The summed E-state index contributed by atoms with van der Waals surface area (Å²) >= 11 is 3.40. The molecule has 4 rings (SSSR count). The number of amides is 1. The predicted molar refractivity (Wildman–Crippen MR) is 116 cm³/mol. The van der Waals surface area contributed by atoms with E-state index in [-0.39, 0.29) is 11.6 Å². The van der Waals surface area contributed by atoms with Gasteiger partial charge in [0.25, 0.3) is 5.91 Å². The van der Waals surface area contributed by atoms with E-state index < -0.39 is 11.3 Å². The normalized spacial score (nSPS) is 10.7. The summed E-state index contributed by atoms with van der Waals surface area (Å²) in [5, 5.41) is 11.0. The van der Waals surface area contributed by atoms with Gasteiger partial charge in [-0.2, -0.15) is 5.10 Å². The molecular weight excluding hydrogens is 448 g/mol. The molecule has 0 atom stereocenters. The summed E-state index contributed by atoms with van der Waals surface area (Å²) < 4.78 is 4.14. The number of para-hydroxylation sites is 1. The molecule has 0 aliphatic rings. The second-order valence-electron chi connectivity index (χ2n) is 6.59. The zero-order valence-corrected chi connectivity index (χ0v) is 17.6. The molecule has 0 saturated carbocycles. The number of rotatable bonds is 5. The van der Waals surface area contributed by atoms with Crippen molar-refractivity contribution in [1.82, 2.24) is 24.5 Å². The monoisotopic (exact) mass is 464 g/mol. The van der Waals surface area contributed by atoms with Gasteiger partial charge in [-0.1, -0.05) is 46.3 Å². The van der Waals surface area contributed by atoms with Gasteiger partial charge in [0, 0.05) is 16.2 Å². The van der Waals surface area contributed by atoms with Gasteiger partial charge >= 0.3 is 0 Å². The maximum Gasteiger partial charge on any atom is 0.282 e. The van der Waals surface area contributed by atoms with Gasteiger partial charge in [-0.15, -0.1) is 5.10 Å². The number of anilines is 1. The standard InChI is InChI=1S/C21H17BrN6O2/c1-14-11-18(29)19(25-28(14)17-5-3-2-4-6-17)20(30)24-21-23-13-27(26-21)12-15-7-9-16(22)10-8-15/h2-11,13H,12H2,1H3,(H,24,26,30). The maximum atomic E-state index is 12.7. The van der Waals surface area contributed by atoms with Crippen LogP contribution >= 0.6 is 15.9 Å². The third-order valence-corrected chi connectivity index (χ3v) is 4.87. The number of halogens is 1. The van der Waals surface area contributed by atoms with E-state index in [9.17, 15) is 9.59 Å². The summed E-state index contributed by atoms with van der Waals surface area (Å²) in [5.41, 5.74) is 1.72. The quantitative estimate of drug-likeness (QED) is 0.489. The lowest BCUT2D eigenvalue weighted by Gasteiger charge is -2.10. The van der Waals surface area contributed by atoms with Crippen molar-refractivity contribution in [2.75, 3.05) is 5.32 Å². The van der Waals surface area contributed by atoms with E-state index in [0.717, 1.165) is 15.7 Å². The Kier molecular flexibility index (Phi) is 5.53. The lowest BCUT2D eigenvalue weighted by Crippen LogP contribution is -2.27. The van der Waals surface area contributed by atoms with Gasteiger partial charge < -0.3 is 0 Å². The Morgan fingerprint density at radius 3 is 2.53 bits per heavy atom. The fourth-order valence-electron chi connectivity index (χ4n) is 2.90. The van der Waals surface area contributed by atoms with Gasteiger partial charge in [0.2, 0.25) is 11.4 Å². The number of nitrogens with one attached hydrogen (secondary N) is 1. The third-order valence-electron chi connectivity index (χ3n) is 4.34. The predicted octanol–water partition coefficient (Wildman–Crippen LogP) is 3.20. The molecule has 2 aromatic carbocycles. The second-order valence-corrected chi connectivity index (χ2v) is 7.51. The molecule has 0 aliphatic heterocycles. The molecule has 0 unspecified atom stereocenters. The van der Waals surface area contributed by atoms with Crippen molar-refractivity contribution in [3.63, 3.8) is 0 Å². The topological polar surface area (TPSA) is 94.7 Å². The zero-order valence-electron chi connectivity index (χ0n) is 16.0. The first-order chi connectivity index (χ1) is 14.5. The molecule has 0 spiro atoms. The van der Waals surface area contributed by atoms with Gasteiger partial charge in [0.1, 0.15) is 6.33 Å². The van der Waals surface area contributed by atoms with E-state index in [4.69, 9.17) is 0 Å². The van der Waals surface area contributed by atoms with Crippen LogP contribution in [-0.4, -0.2) is 30.5 Å². The highest BCUT2D eigenvalue weighted by Crippen LogP contribution is 2.12. The van der Waals surface area contributed by atoms with Crippen LogP contribution in [0.1, 0.15) is 21.7 Å². The Balaban J connectivity index is 1.54. The molecule has 150 valence electrons. The van der Waals surface area contributed by atoms with Crippen molar-refractivity contribution in [2.45, 2.75) is 13.5 Å².